The van der Waals surface area contributed by atoms with Crippen LogP contribution in [-0.4, -0.2) is 17.0 Å². The Kier molecular flexibility index (Phi) is 5.26. The number of amides is 1. The normalized spacial score (nSPS) is 10.9. The minimum absolute atomic E-state index is 0.247. The molecule has 0 spiro atoms. The second-order valence-electron chi connectivity index (χ2n) is 4.53. The summed E-state index contributed by atoms with van der Waals surface area (Å²) in [6, 6.07) is 16.5. The van der Waals surface area contributed by atoms with Crippen molar-refractivity contribution in [3.63, 3.8) is 0 Å². The molecule has 0 unspecified atom stereocenters. The van der Waals surface area contributed by atoms with Crippen LogP contribution in [0, 0.1) is 0 Å². The number of carboxylic acids is 1. The molecular weight excluding hydrogens is 278 g/mol. The van der Waals surface area contributed by atoms with E-state index in [9.17, 15) is 9.59 Å². The van der Waals surface area contributed by atoms with Crippen molar-refractivity contribution in [1.82, 2.24) is 0 Å². The zero-order valence-corrected chi connectivity index (χ0v) is 11.8. The molecule has 0 heterocycles. The van der Waals surface area contributed by atoms with Gasteiger partial charge >= 0.3 is 5.97 Å². The Balaban J connectivity index is 2.01. The summed E-state index contributed by atoms with van der Waals surface area (Å²) in [4.78, 5) is 22.3. The van der Waals surface area contributed by atoms with Gasteiger partial charge in [-0.1, -0.05) is 42.5 Å². The van der Waals surface area contributed by atoms with Gasteiger partial charge in [-0.2, -0.15) is 0 Å². The highest BCUT2D eigenvalue weighted by Crippen LogP contribution is 2.12. The number of nitrogens with one attached hydrogen (secondary N) is 1. The van der Waals surface area contributed by atoms with Gasteiger partial charge in [-0.3, -0.25) is 4.79 Å². The zero-order chi connectivity index (χ0) is 15.8. The van der Waals surface area contributed by atoms with Crippen LogP contribution >= 0.6 is 0 Å². The SMILES string of the molecule is O=C(O)/C=C/c1cccc(NC(=O)/C=C/c2ccccc2)c1. The van der Waals surface area contributed by atoms with E-state index in [4.69, 9.17) is 5.11 Å². The largest absolute Gasteiger partial charge is 0.478 e. The van der Waals surface area contributed by atoms with Gasteiger partial charge in [-0.25, -0.2) is 4.79 Å². The van der Waals surface area contributed by atoms with Crippen molar-refractivity contribution in [3.05, 3.63) is 77.9 Å². The molecular formula is C18H15NO3. The maximum absolute atomic E-state index is 11.9. The van der Waals surface area contributed by atoms with Crippen molar-refractivity contribution in [2.75, 3.05) is 5.32 Å². The number of aliphatic carboxylic acids is 1. The van der Waals surface area contributed by atoms with Crippen LogP contribution in [-0.2, 0) is 9.59 Å². The lowest BCUT2D eigenvalue weighted by Gasteiger charge is -2.03. The van der Waals surface area contributed by atoms with Crippen LogP contribution in [0.15, 0.2) is 66.7 Å². The van der Waals surface area contributed by atoms with Gasteiger partial charge in [0.15, 0.2) is 0 Å². The third kappa shape index (κ3) is 5.09. The number of carbonyl (C=O) groups excluding carboxylic acids is 1. The van der Waals surface area contributed by atoms with Gasteiger partial charge in [-0.05, 0) is 35.4 Å². The molecule has 4 heteroatoms. The molecule has 2 aromatic rings. The van der Waals surface area contributed by atoms with Crippen molar-refractivity contribution in [2.24, 2.45) is 0 Å². The molecule has 22 heavy (non-hydrogen) atoms. The lowest BCUT2D eigenvalue weighted by atomic mass is 10.2. The van der Waals surface area contributed by atoms with Gasteiger partial charge in [0.1, 0.15) is 0 Å². The molecule has 0 saturated carbocycles. The van der Waals surface area contributed by atoms with E-state index >= 15 is 0 Å². The molecule has 0 fully saturated rings. The number of benzene rings is 2. The van der Waals surface area contributed by atoms with Gasteiger partial charge in [0, 0.05) is 17.8 Å². The second-order valence-corrected chi connectivity index (χ2v) is 4.53. The van der Waals surface area contributed by atoms with Crippen LogP contribution in [0.25, 0.3) is 12.2 Å². The van der Waals surface area contributed by atoms with Crippen molar-refractivity contribution in [1.29, 1.82) is 0 Å². The Bertz CT molecular complexity index is 718. The van der Waals surface area contributed by atoms with Gasteiger partial charge in [0.05, 0.1) is 0 Å². The number of rotatable bonds is 5. The summed E-state index contributed by atoms with van der Waals surface area (Å²) in [5, 5.41) is 11.3. The first-order valence-corrected chi connectivity index (χ1v) is 6.69. The van der Waals surface area contributed by atoms with Crippen LogP contribution < -0.4 is 5.32 Å². The molecule has 2 rings (SSSR count). The monoisotopic (exact) mass is 293 g/mol. The number of anilines is 1. The Labute approximate surface area is 128 Å². The number of hydrogen-bond acceptors (Lipinski definition) is 2. The first-order chi connectivity index (χ1) is 10.6. The van der Waals surface area contributed by atoms with Crippen LogP contribution in [0.3, 0.4) is 0 Å². The summed E-state index contributed by atoms with van der Waals surface area (Å²) in [6.07, 6.45) is 5.70. The van der Waals surface area contributed by atoms with Gasteiger partial charge in [0.2, 0.25) is 5.91 Å². The van der Waals surface area contributed by atoms with Crippen molar-refractivity contribution in [2.45, 2.75) is 0 Å². The molecule has 0 aliphatic rings. The molecule has 0 aliphatic carbocycles. The van der Waals surface area contributed by atoms with Crippen LogP contribution in [0.4, 0.5) is 5.69 Å². The van der Waals surface area contributed by atoms with E-state index in [0.717, 1.165) is 11.6 Å². The van der Waals surface area contributed by atoms with E-state index in [2.05, 4.69) is 5.32 Å². The summed E-state index contributed by atoms with van der Waals surface area (Å²) >= 11 is 0. The maximum atomic E-state index is 11.9. The van der Waals surface area contributed by atoms with Crippen molar-refractivity contribution >= 4 is 29.7 Å². The Hall–Kier alpha value is -3.14. The predicted molar refractivity (Wildman–Crippen MR) is 87.2 cm³/mol. The summed E-state index contributed by atoms with van der Waals surface area (Å²) in [5.74, 6) is -1.26. The molecule has 4 nitrogen and oxygen atoms in total. The molecule has 110 valence electrons. The lowest BCUT2D eigenvalue weighted by Crippen LogP contribution is -2.07. The summed E-state index contributed by atoms with van der Waals surface area (Å²) in [7, 11) is 0. The fourth-order valence-electron chi connectivity index (χ4n) is 1.81. The molecule has 0 aromatic heterocycles. The van der Waals surface area contributed by atoms with E-state index in [-0.39, 0.29) is 5.91 Å². The maximum Gasteiger partial charge on any atom is 0.328 e. The quantitative estimate of drug-likeness (QED) is 0.830. The second kappa shape index (κ2) is 7.59. The molecule has 0 radical (unpaired) electrons. The molecule has 0 bridgehead atoms. The summed E-state index contributed by atoms with van der Waals surface area (Å²) in [5.41, 5.74) is 2.25. The Morgan fingerprint density at radius 2 is 1.55 bits per heavy atom. The fraction of sp³-hybridized carbons (Fsp3) is 0. The fourth-order valence-corrected chi connectivity index (χ4v) is 1.81. The van der Waals surface area contributed by atoms with Gasteiger partial charge in [-0.15, -0.1) is 0 Å². The molecule has 0 atom stereocenters. The molecule has 1 amide bonds. The van der Waals surface area contributed by atoms with Gasteiger partial charge < -0.3 is 10.4 Å². The van der Waals surface area contributed by atoms with Crippen LogP contribution in [0.1, 0.15) is 11.1 Å². The van der Waals surface area contributed by atoms with Crippen molar-refractivity contribution in [3.8, 4) is 0 Å². The first kappa shape index (κ1) is 15.3. The number of hydrogen-bond donors (Lipinski definition) is 2. The first-order valence-electron chi connectivity index (χ1n) is 6.69. The van der Waals surface area contributed by atoms with Gasteiger partial charge in [0.25, 0.3) is 0 Å². The van der Waals surface area contributed by atoms with E-state index < -0.39 is 5.97 Å². The summed E-state index contributed by atoms with van der Waals surface area (Å²) < 4.78 is 0. The predicted octanol–water partition coefficient (Wildman–Crippen LogP) is 3.44. The third-order valence-corrected chi connectivity index (χ3v) is 2.80. The number of carbonyl (C=O) groups is 2. The minimum atomic E-state index is -1.01. The standard InChI is InChI=1S/C18H15NO3/c20-17(11-9-14-5-2-1-3-6-14)19-16-8-4-7-15(13-16)10-12-18(21)22/h1-13H,(H,19,20)(H,21,22)/b11-9+,12-10+. The van der Waals surface area contributed by atoms with Crippen molar-refractivity contribution < 1.29 is 14.7 Å². The Morgan fingerprint density at radius 1 is 0.864 bits per heavy atom. The molecule has 0 saturated heterocycles. The zero-order valence-electron chi connectivity index (χ0n) is 11.8. The highest BCUT2D eigenvalue weighted by molar-refractivity contribution is 6.02. The van der Waals surface area contributed by atoms with Crippen LogP contribution in [0.5, 0.6) is 0 Å². The minimum Gasteiger partial charge on any atom is -0.478 e. The molecule has 2 N–H and O–H groups in total. The highest BCUT2D eigenvalue weighted by Gasteiger charge is 1.98. The summed E-state index contributed by atoms with van der Waals surface area (Å²) in [6.45, 7) is 0. The van der Waals surface area contributed by atoms with E-state index in [0.29, 0.717) is 11.3 Å². The topological polar surface area (TPSA) is 66.4 Å². The smallest absolute Gasteiger partial charge is 0.328 e. The lowest BCUT2D eigenvalue weighted by molar-refractivity contribution is -0.131. The highest BCUT2D eigenvalue weighted by atomic mass is 16.4. The molecule has 2 aromatic carbocycles. The van der Waals surface area contributed by atoms with E-state index in [1.807, 2.05) is 30.3 Å². The average Bonchev–Trinajstić information content (AvgIpc) is 2.52. The third-order valence-electron chi connectivity index (χ3n) is 2.80. The average molecular weight is 293 g/mol. The molecule has 0 aliphatic heterocycles. The van der Waals surface area contributed by atoms with E-state index in [1.54, 1.807) is 30.3 Å². The van der Waals surface area contributed by atoms with Crippen LogP contribution in [0.2, 0.25) is 0 Å². The van der Waals surface area contributed by atoms with E-state index in [1.165, 1.54) is 12.2 Å². The number of carboxylic acid groups (broad SMARTS) is 1. The Morgan fingerprint density at radius 3 is 2.27 bits per heavy atom.